The number of benzene rings is 6. The maximum atomic E-state index is 10.0. The largest absolute Gasteiger partial charge is 0.506 e. The van der Waals surface area contributed by atoms with Crippen molar-refractivity contribution in [3.05, 3.63) is 144 Å². The molecule has 0 saturated heterocycles. The fraction of sp³-hybridized carbons (Fsp3) is 0. The standard InChI is InChI=1S/C38H26N2O4/c39-32-23-29(17-20-34(32)41)43-36-22-16-27(13-11-25-7-3-1-4-8-25)37-31(36)19-15-28(14-12-26-9-5-2-6-10-26)38(37)44-30-18-21-35(42)33(40)24-30/h1-10,15-24,41-42H,39-40H2. The SMILES string of the molecule is Nc1cc(Oc2ccc(C#Cc3ccccc3)c3c(Oc4ccc(O)c(N)c4)c(C#Cc4ccccc4)ccc23)ccc1O. The Balaban J connectivity index is 1.59. The fourth-order valence-corrected chi connectivity index (χ4v) is 4.54. The Morgan fingerprint density at radius 1 is 0.500 bits per heavy atom. The van der Waals surface area contributed by atoms with Crippen LogP contribution in [0.3, 0.4) is 0 Å². The molecule has 0 spiro atoms. The summed E-state index contributed by atoms with van der Waals surface area (Å²) >= 11 is 0. The van der Waals surface area contributed by atoms with Gasteiger partial charge in [-0.25, -0.2) is 0 Å². The number of rotatable bonds is 4. The number of hydrogen-bond donors (Lipinski definition) is 4. The minimum Gasteiger partial charge on any atom is -0.506 e. The van der Waals surface area contributed by atoms with Crippen LogP contribution in [0.25, 0.3) is 10.8 Å². The minimum absolute atomic E-state index is 0.0285. The maximum absolute atomic E-state index is 10.0. The first-order valence-corrected chi connectivity index (χ1v) is 13.7. The molecule has 0 amide bonds. The molecule has 0 radical (unpaired) electrons. The van der Waals surface area contributed by atoms with E-state index < -0.39 is 0 Å². The molecule has 0 saturated carbocycles. The molecule has 0 aliphatic rings. The first kappa shape index (κ1) is 27.7. The lowest BCUT2D eigenvalue weighted by molar-refractivity contribution is 0.467. The van der Waals surface area contributed by atoms with Gasteiger partial charge in [-0.3, -0.25) is 0 Å². The van der Waals surface area contributed by atoms with Crippen LogP contribution >= 0.6 is 0 Å². The van der Waals surface area contributed by atoms with E-state index in [1.807, 2.05) is 84.9 Å². The number of hydrogen-bond acceptors (Lipinski definition) is 6. The number of ether oxygens (including phenoxy) is 2. The van der Waals surface area contributed by atoms with Crippen LogP contribution in [0.4, 0.5) is 11.4 Å². The summed E-state index contributed by atoms with van der Waals surface area (Å²) in [5.74, 6) is 14.8. The smallest absolute Gasteiger partial charge is 0.152 e. The Morgan fingerprint density at radius 3 is 1.59 bits per heavy atom. The van der Waals surface area contributed by atoms with Gasteiger partial charge in [0.05, 0.1) is 16.9 Å². The zero-order valence-corrected chi connectivity index (χ0v) is 23.4. The molecule has 44 heavy (non-hydrogen) atoms. The fourth-order valence-electron chi connectivity index (χ4n) is 4.54. The van der Waals surface area contributed by atoms with Crippen molar-refractivity contribution < 1.29 is 19.7 Å². The third kappa shape index (κ3) is 6.06. The van der Waals surface area contributed by atoms with Gasteiger partial charge in [-0.05, 0) is 72.8 Å². The van der Waals surface area contributed by atoms with E-state index in [2.05, 4.69) is 23.7 Å². The van der Waals surface area contributed by atoms with Gasteiger partial charge in [-0.15, -0.1) is 0 Å². The van der Waals surface area contributed by atoms with E-state index in [1.165, 1.54) is 12.1 Å². The summed E-state index contributed by atoms with van der Waals surface area (Å²) in [6.45, 7) is 0. The van der Waals surface area contributed by atoms with Crippen LogP contribution in [-0.4, -0.2) is 10.2 Å². The zero-order valence-electron chi connectivity index (χ0n) is 23.4. The van der Waals surface area contributed by atoms with Crippen LogP contribution in [0.15, 0.2) is 121 Å². The predicted molar refractivity (Wildman–Crippen MR) is 174 cm³/mol. The van der Waals surface area contributed by atoms with E-state index >= 15 is 0 Å². The van der Waals surface area contributed by atoms with Crippen LogP contribution in [0.2, 0.25) is 0 Å². The lowest BCUT2D eigenvalue weighted by atomic mass is 9.99. The van der Waals surface area contributed by atoms with Gasteiger partial charge in [-0.1, -0.05) is 60.1 Å². The number of nitrogen functional groups attached to an aromatic ring is 2. The minimum atomic E-state index is -0.0439. The normalized spacial score (nSPS) is 10.3. The second kappa shape index (κ2) is 12.2. The lowest BCUT2D eigenvalue weighted by Gasteiger charge is -2.16. The molecule has 0 aromatic heterocycles. The molecule has 6 nitrogen and oxygen atoms in total. The quantitative estimate of drug-likeness (QED) is 0.0971. The van der Waals surface area contributed by atoms with Gasteiger partial charge in [0.2, 0.25) is 0 Å². The first-order valence-electron chi connectivity index (χ1n) is 13.7. The molecule has 6 aromatic rings. The highest BCUT2D eigenvalue weighted by atomic mass is 16.5. The third-order valence-corrected chi connectivity index (χ3v) is 6.77. The predicted octanol–water partition coefficient (Wildman–Crippen LogP) is 7.80. The summed E-state index contributed by atoms with van der Waals surface area (Å²) in [6.07, 6.45) is 0. The molecule has 6 aromatic carbocycles. The van der Waals surface area contributed by atoms with Gasteiger partial charge in [0.25, 0.3) is 0 Å². The number of fused-ring (bicyclic) bond motifs is 1. The zero-order chi connectivity index (χ0) is 30.5. The van der Waals surface area contributed by atoms with Crippen LogP contribution in [-0.2, 0) is 0 Å². The van der Waals surface area contributed by atoms with Crippen LogP contribution < -0.4 is 20.9 Å². The number of phenolic OH excluding ortho intramolecular Hbond substituents is 2. The molecule has 6 N–H and O–H groups in total. The van der Waals surface area contributed by atoms with Gasteiger partial charge in [0.15, 0.2) is 5.75 Å². The summed E-state index contributed by atoms with van der Waals surface area (Å²) in [6, 6.07) is 36.2. The first-order chi connectivity index (χ1) is 21.4. The monoisotopic (exact) mass is 574 g/mol. The molecule has 212 valence electrons. The molecule has 0 aliphatic carbocycles. The summed E-state index contributed by atoms with van der Waals surface area (Å²) in [5, 5.41) is 21.3. The highest BCUT2D eigenvalue weighted by molar-refractivity contribution is 5.99. The topological polar surface area (TPSA) is 111 Å². The molecule has 0 atom stereocenters. The van der Waals surface area contributed by atoms with Crippen LogP contribution in [0, 0.1) is 23.7 Å². The van der Waals surface area contributed by atoms with Crippen molar-refractivity contribution >= 4 is 22.1 Å². The van der Waals surface area contributed by atoms with E-state index in [0.29, 0.717) is 44.9 Å². The van der Waals surface area contributed by atoms with Crippen molar-refractivity contribution in [2.45, 2.75) is 0 Å². The van der Waals surface area contributed by atoms with Crippen molar-refractivity contribution in [1.29, 1.82) is 0 Å². The molecular weight excluding hydrogens is 548 g/mol. The van der Waals surface area contributed by atoms with E-state index in [4.69, 9.17) is 20.9 Å². The van der Waals surface area contributed by atoms with Gasteiger partial charge in [-0.2, -0.15) is 0 Å². The Bertz CT molecular complexity index is 2120. The van der Waals surface area contributed by atoms with Crippen LogP contribution in [0.5, 0.6) is 34.5 Å². The highest BCUT2D eigenvalue weighted by Crippen LogP contribution is 2.42. The molecule has 0 bridgehead atoms. The van der Waals surface area contributed by atoms with Gasteiger partial charge < -0.3 is 31.2 Å². The Kier molecular flexibility index (Phi) is 7.65. The Morgan fingerprint density at radius 2 is 1.02 bits per heavy atom. The van der Waals surface area contributed by atoms with Crippen molar-refractivity contribution in [2.24, 2.45) is 0 Å². The molecule has 0 heterocycles. The molecule has 0 unspecified atom stereocenters. The Labute approximate surface area is 254 Å². The molecule has 6 heteroatoms. The van der Waals surface area contributed by atoms with Crippen molar-refractivity contribution in [3.8, 4) is 58.2 Å². The Hall–Kier alpha value is -6.50. The van der Waals surface area contributed by atoms with E-state index in [-0.39, 0.29) is 22.9 Å². The van der Waals surface area contributed by atoms with Crippen molar-refractivity contribution in [3.63, 3.8) is 0 Å². The molecule has 6 rings (SSSR count). The summed E-state index contributed by atoms with van der Waals surface area (Å²) in [4.78, 5) is 0. The summed E-state index contributed by atoms with van der Waals surface area (Å²) < 4.78 is 12.8. The molecule has 0 fully saturated rings. The summed E-state index contributed by atoms with van der Waals surface area (Å²) in [5.41, 5.74) is 15.3. The lowest BCUT2D eigenvalue weighted by Crippen LogP contribution is -1.96. The second-order valence-electron chi connectivity index (χ2n) is 9.85. The molecular formula is C38H26N2O4. The van der Waals surface area contributed by atoms with Crippen LogP contribution in [0.1, 0.15) is 22.3 Å². The maximum Gasteiger partial charge on any atom is 0.152 e. The molecule has 0 aliphatic heterocycles. The van der Waals surface area contributed by atoms with Gasteiger partial charge in [0, 0.05) is 39.6 Å². The number of aromatic hydroxyl groups is 2. The second-order valence-corrected chi connectivity index (χ2v) is 9.85. The average molecular weight is 575 g/mol. The summed E-state index contributed by atoms with van der Waals surface area (Å²) in [7, 11) is 0. The van der Waals surface area contributed by atoms with E-state index in [0.717, 1.165) is 11.1 Å². The number of nitrogens with two attached hydrogens (primary N) is 2. The highest BCUT2D eigenvalue weighted by Gasteiger charge is 2.17. The number of anilines is 2. The van der Waals surface area contributed by atoms with Gasteiger partial charge >= 0.3 is 0 Å². The number of phenols is 2. The average Bonchev–Trinajstić information content (AvgIpc) is 3.04. The van der Waals surface area contributed by atoms with E-state index in [1.54, 1.807) is 24.3 Å². The van der Waals surface area contributed by atoms with Crippen molar-refractivity contribution in [2.75, 3.05) is 11.5 Å². The van der Waals surface area contributed by atoms with E-state index in [9.17, 15) is 10.2 Å². The van der Waals surface area contributed by atoms with Crippen molar-refractivity contribution in [1.82, 2.24) is 0 Å². The third-order valence-electron chi connectivity index (χ3n) is 6.77. The van der Waals surface area contributed by atoms with Gasteiger partial charge in [0.1, 0.15) is 28.7 Å².